The number of aromatic nitrogens is 1. The first-order chi connectivity index (χ1) is 11.1. The smallest absolute Gasteiger partial charge is 0.321 e. The lowest BCUT2D eigenvalue weighted by atomic mass is 10.1. The monoisotopic (exact) mass is 377 g/mol. The Hall–Kier alpha value is -2.25. The Balaban J connectivity index is 1.92. The number of amides is 1. The van der Waals surface area contributed by atoms with Crippen molar-refractivity contribution in [1.82, 2.24) is 10.3 Å². The van der Waals surface area contributed by atoms with Crippen LogP contribution in [0.3, 0.4) is 0 Å². The summed E-state index contributed by atoms with van der Waals surface area (Å²) in [5.74, 6) is -1.45. The van der Waals surface area contributed by atoms with Gasteiger partial charge in [0.15, 0.2) is 0 Å². The number of nitrogens with zero attached hydrogens (tertiary/aromatic N) is 1. The maximum atomic E-state index is 12.0. The number of rotatable bonds is 7. The molecule has 1 heterocycles. The molecule has 0 radical (unpaired) electrons. The minimum Gasteiger partial charge on any atom is -0.480 e. The van der Waals surface area contributed by atoms with Crippen LogP contribution in [-0.4, -0.2) is 28.0 Å². The molecule has 7 heteroatoms. The number of carbonyl (C=O) groups excluding carboxylic acids is 1. The van der Waals surface area contributed by atoms with Crippen LogP contribution in [0.15, 0.2) is 53.3 Å². The lowest BCUT2D eigenvalue weighted by molar-refractivity contribution is -0.141. The van der Waals surface area contributed by atoms with Crippen LogP contribution < -0.4 is 10.6 Å². The molecular weight excluding hydrogens is 362 g/mol. The molecule has 1 aromatic carbocycles. The average molecular weight is 378 g/mol. The largest absolute Gasteiger partial charge is 0.480 e. The second-order valence-corrected chi connectivity index (χ2v) is 5.72. The summed E-state index contributed by atoms with van der Waals surface area (Å²) < 4.78 is 0.739. The number of hydrogen-bond donors (Lipinski definition) is 3. The third kappa shape index (κ3) is 5.46. The van der Waals surface area contributed by atoms with Crippen LogP contribution in [0.5, 0.6) is 0 Å². The quantitative estimate of drug-likeness (QED) is 0.688. The normalized spacial score (nSPS) is 11.7. The van der Waals surface area contributed by atoms with Gasteiger partial charge >= 0.3 is 5.97 Å². The zero-order valence-electron chi connectivity index (χ0n) is 12.2. The van der Waals surface area contributed by atoms with Crippen LogP contribution in [-0.2, 0) is 16.1 Å². The molecule has 0 aliphatic rings. The Morgan fingerprint density at radius 2 is 2.00 bits per heavy atom. The Morgan fingerprint density at radius 1 is 1.22 bits per heavy atom. The van der Waals surface area contributed by atoms with Gasteiger partial charge < -0.3 is 10.4 Å². The summed E-state index contributed by atoms with van der Waals surface area (Å²) in [7, 11) is 0. The fourth-order valence-electron chi connectivity index (χ4n) is 1.94. The van der Waals surface area contributed by atoms with Crippen molar-refractivity contribution in [2.24, 2.45) is 0 Å². The van der Waals surface area contributed by atoms with E-state index in [-0.39, 0.29) is 12.3 Å². The van der Waals surface area contributed by atoms with Gasteiger partial charge in [-0.25, -0.2) is 0 Å². The summed E-state index contributed by atoms with van der Waals surface area (Å²) in [5.41, 5.74) is 1.46. The summed E-state index contributed by atoms with van der Waals surface area (Å²) >= 11 is 3.33. The number of aliphatic carboxylic acids is 1. The van der Waals surface area contributed by atoms with Crippen LogP contribution in [0, 0.1) is 0 Å². The fourth-order valence-corrected chi connectivity index (χ4v) is 2.32. The highest BCUT2D eigenvalue weighted by atomic mass is 79.9. The number of carbonyl (C=O) groups is 2. The van der Waals surface area contributed by atoms with Crippen molar-refractivity contribution in [2.75, 3.05) is 5.32 Å². The number of anilines is 1. The van der Waals surface area contributed by atoms with E-state index in [1.54, 1.807) is 36.7 Å². The van der Waals surface area contributed by atoms with Crippen molar-refractivity contribution in [3.8, 4) is 0 Å². The van der Waals surface area contributed by atoms with Gasteiger partial charge in [0.25, 0.3) is 0 Å². The van der Waals surface area contributed by atoms with Gasteiger partial charge in [-0.15, -0.1) is 0 Å². The predicted octanol–water partition coefficient (Wildman–Crippen LogP) is 2.42. The molecule has 23 heavy (non-hydrogen) atoms. The molecule has 0 aliphatic heterocycles. The third-order valence-corrected chi connectivity index (χ3v) is 3.80. The van der Waals surface area contributed by atoms with Gasteiger partial charge in [-0.2, -0.15) is 0 Å². The Bertz CT molecular complexity index is 679. The van der Waals surface area contributed by atoms with Crippen molar-refractivity contribution in [1.29, 1.82) is 0 Å². The van der Waals surface area contributed by atoms with E-state index in [2.05, 4.69) is 31.5 Å². The summed E-state index contributed by atoms with van der Waals surface area (Å²) in [5, 5.41) is 14.8. The molecule has 3 N–H and O–H groups in total. The van der Waals surface area contributed by atoms with E-state index in [1.807, 2.05) is 12.1 Å². The first kappa shape index (κ1) is 17.1. The number of para-hydroxylation sites is 1. The fraction of sp³-hybridized carbons (Fsp3) is 0.188. The molecule has 0 saturated heterocycles. The highest BCUT2D eigenvalue weighted by molar-refractivity contribution is 9.10. The van der Waals surface area contributed by atoms with Crippen LogP contribution in [0.2, 0.25) is 0 Å². The number of nitrogens with one attached hydrogen (secondary N) is 2. The van der Waals surface area contributed by atoms with Gasteiger partial charge in [0.1, 0.15) is 6.04 Å². The first-order valence-corrected chi connectivity index (χ1v) is 7.75. The van der Waals surface area contributed by atoms with Gasteiger partial charge in [-0.3, -0.25) is 19.9 Å². The van der Waals surface area contributed by atoms with Gasteiger partial charge in [-0.05, 0) is 39.7 Å². The molecule has 1 unspecified atom stereocenters. The van der Waals surface area contributed by atoms with Crippen molar-refractivity contribution in [3.63, 3.8) is 0 Å². The summed E-state index contributed by atoms with van der Waals surface area (Å²) in [6, 6.07) is 9.78. The number of halogens is 1. The Kier molecular flexibility index (Phi) is 6.25. The van der Waals surface area contributed by atoms with E-state index in [1.165, 1.54) is 0 Å². The molecule has 1 atom stereocenters. The van der Waals surface area contributed by atoms with E-state index in [4.69, 9.17) is 0 Å². The van der Waals surface area contributed by atoms with Gasteiger partial charge in [0, 0.05) is 23.4 Å². The number of benzene rings is 1. The molecule has 6 nitrogen and oxygen atoms in total. The summed E-state index contributed by atoms with van der Waals surface area (Å²) in [4.78, 5) is 27.3. The van der Waals surface area contributed by atoms with Gasteiger partial charge in [0.2, 0.25) is 5.91 Å². The van der Waals surface area contributed by atoms with Crippen molar-refractivity contribution in [2.45, 2.75) is 19.0 Å². The highest BCUT2D eigenvalue weighted by Crippen LogP contribution is 2.21. The molecule has 0 saturated carbocycles. The SMILES string of the molecule is O=C(CC(NCc1cccnc1)C(=O)O)Nc1ccccc1Br. The van der Waals surface area contributed by atoms with E-state index >= 15 is 0 Å². The number of carboxylic acid groups (broad SMARTS) is 1. The topological polar surface area (TPSA) is 91.3 Å². The van der Waals surface area contributed by atoms with E-state index in [0.717, 1.165) is 10.0 Å². The van der Waals surface area contributed by atoms with Crippen LogP contribution in [0.25, 0.3) is 0 Å². The zero-order chi connectivity index (χ0) is 16.7. The van der Waals surface area contributed by atoms with E-state index in [9.17, 15) is 14.7 Å². The minimum atomic E-state index is -1.07. The summed E-state index contributed by atoms with van der Waals surface area (Å²) in [6.45, 7) is 0.327. The Labute approximate surface area is 142 Å². The van der Waals surface area contributed by atoms with Crippen LogP contribution in [0.4, 0.5) is 5.69 Å². The third-order valence-electron chi connectivity index (χ3n) is 3.11. The maximum Gasteiger partial charge on any atom is 0.321 e. The maximum absolute atomic E-state index is 12.0. The standard InChI is InChI=1S/C16H16BrN3O3/c17-12-5-1-2-6-13(12)20-15(21)8-14(16(22)23)19-10-11-4-3-7-18-9-11/h1-7,9,14,19H,8,10H2,(H,20,21)(H,22,23). The van der Waals surface area contributed by atoms with E-state index in [0.29, 0.717) is 12.2 Å². The Morgan fingerprint density at radius 3 is 2.65 bits per heavy atom. The highest BCUT2D eigenvalue weighted by Gasteiger charge is 2.21. The van der Waals surface area contributed by atoms with Gasteiger partial charge in [-0.1, -0.05) is 18.2 Å². The zero-order valence-corrected chi connectivity index (χ0v) is 13.8. The van der Waals surface area contributed by atoms with Crippen LogP contribution in [0.1, 0.15) is 12.0 Å². The first-order valence-electron chi connectivity index (χ1n) is 6.95. The lowest BCUT2D eigenvalue weighted by Gasteiger charge is -2.14. The molecule has 0 bridgehead atoms. The molecule has 0 aliphatic carbocycles. The molecule has 0 spiro atoms. The molecular formula is C16H16BrN3O3. The van der Waals surface area contributed by atoms with Gasteiger partial charge in [0.05, 0.1) is 12.1 Å². The number of pyridine rings is 1. The molecule has 0 fully saturated rings. The van der Waals surface area contributed by atoms with Crippen molar-refractivity contribution >= 4 is 33.5 Å². The molecule has 2 rings (SSSR count). The van der Waals surface area contributed by atoms with Crippen LogP contribution >= 0.6 is 15.9 Å². The predicted molar refractivity (Wildman–Crippen MR) is 89.9 cm³/mol. The molecule has 1 amide bonds. The van der Waals surface area contributed by atoms with E-state index < -0.39 is 12.0 Å². The number of carboxylic acids is 1. The summed E-state index contributed by atoms with van der Waals surface area (Å²) in [6.07, 6.45) is 3.12. The molecule has 120 valence electrons. The molecule has 1 aromatic heterocycles. The van der Waals surface area contributed by atoms with Crippen molar-refractivity contribution < 1.29 is 14.7 Å². The average Bonchev–Trinajstić information content (AvgIpc) is 2.54. The minimum absolute atomic E-state index is 0.170. The number of hydrogen-bond acceptors (Lipinski definition) is 4. The second-order valence-electron chi connectivity index (χ2n) is 4.87. The lowest BCUT2D eigenvalue weighted by Crippen LogP contribution is -2.39. The second kappa shape index (κ2) is 8.40. The van der Waals surface area contributed by atoms with Crippen molar-refractivity contribution in [3.05, 3.63) is 58.8 Å². The molecule has 2 aromatic rings.